The molecule has 4 aromatic rings. The summed E-state index contributed by atoms with van der Waals surface area (Å²) in [7, 11) is -3.81. The number of sulfonamides is 1. The average molecular weight is 438 g/mol. The molecule has 0 bridgehead atoms. The molecule has 1 amide bonds. The van der Waals surface area contributed by atoms with Crippen LogP contribution in [0.5, 0.6) is 0 Å². The molecule has 0 aliphatic heterocycles. The van der Waals surface area contributed by atoms with Gasteiger partial charge in [-0.05, 0) is 34.5 Å². The van der Waals surface area contributed by atoms with Crippen molar-refractivity contribution in [3.05, 3.63) is 83.7 Å². The van der Waals surface area contributed by atoms with Crippen LogP contribution in [0.15, 0.2) is 83.2 Å². The molecule has 0 fully saturated rings. The molecular weight excluding hydrogens is 418 g/mol. The number of benzene rings is 3. The van der Waals surface area contributed by atoms with Crippen LogP contribution in [-0.2, 0) is 27.8 Å². The number of thiazole rings is 1. The Balaban J connectivity index is 1.73. The van der Waals surface area contributed by atoms with Gasteiger partial charge in [0, 0.05) is 6.54 Å². The number of allylic oxidation sites excluding steroid dienone is 1. The van der Waals surface area contributed by atoms with Crippen molar-refractivity contribution in [2.75, 3.05) is 0 Å². The van der Waals surface area contributed by atoms with Gasteiger partial charge in [-0.2, -0.15) is 4.99 Å². The highest BCUT2D eigenvalue weighted by atomic mass is 32.2. The van der Waals surface area contributed by atoms with E-state index < -0.39 is 10.0 Å². The summed E-state index contributed by atoms with van der Waals surface area (Å²) in [5.74, 6) is -0.277. The van der Waals surface area contributed by atoms with Crippen LogP contribution < -0.4 is 9.94 Å². The first-order valence-electron chi connectivity index (χ1n) is 9.17. The predicted molar refractivity (Wildman–Crippen MR) is 120 cm³/mol. The minimum Gasteiger partial charge on any atom is -0.313 e. The third-order valence-corrected chi connectivity index (χ3v) is 6.64. The van der Waals surface area contributed by atoms with Crippen LogP contribution in [0.4, 0.5) is 0 Å². The second-order valence-electron chi connectivity index (χ2n) is 6.82. The number of rotatable bonds is 5. The van der Waals surface area contributed by atoms with Gasteiger partial charge in [-0.3, -0.25) is 4.79 Å². The van der Waals surface area contributed by atoms with E-state index in [1.807, 2.05) is 47.0 Å². The highest BCUT2D eigenvalue weighted by molar-refractivity contribution is 7.89. The number of primary sulfonamides is 1. The summed E-state index contributed by atoms with van der Waals surface area (Å²) >= 11 is 1.24. The lowest BCUT2D eigenvalue weighted by atomic mass is 10.1. The predicted octanol–water partition coefficient (Wildman–Crippen LogP) is 3.36. The summed E-state index contributed by atoms with van der Waals surface area (Å²) < 4.78 is 25.8. The first kappa shape index (κ1) is 20.2. The third-order valence-electron chi connectivity index (χ3n) is 4.68. The second kappa shape index (κ2) is 7.98. The van der Waals surface area contributed by atoms with Crippen molar-refractivity contribution in [1.29, 1.82) is 0 Å². The van der Waals surface area contributed by atoms with E-state index in [0.717, 1.165) is 21.9 Å². The van der Waals surface area contributed by atoms with E-state index in [0.29, 0.717) is 16.0 Å². The summed E-state index contributed by atoms with van der Waals surface area (Å²) in [5, 5.41) is 7.42. The van der Waals surface area contributed by atoms with Gasteiger partial charge in [0.2, 0.25) is 10.0 Å². The maximum Gasteiger partial charge on any atom is 0.252 e. The quantitative estimate of drug-likeness (QED) is 0.485. The van der Waals surface area contributed by atoms with Gasteiger partial charge in [-0.25, -0.2) is 13.6 Å². The molecule has 0 radical (unpaired) electrons. The lowest BCUT2D eigenvalue weighted by Crippen LogP contribution is -2.17. The summed E-state index contributed by atoms with van der Waals surface area (Å²) in [4.78, 5) is 17.5. The van der Waals surface area contributed by atoms with Crippen molar-refractivity contribution in [3.8, 4) is 0 Å². The zero-order valence-corrected chi connectivity index (χ0v) is 17.6. The molecule has 4 rings (SSSR count). The minimum absolute atomic E-state index is 0.0241. The van der Waals surface area contributed by atoms with Crippen LogP contribution in [0.3, 0.4) is 0 Å². The van der Waals surface area contributed by atoms with Crippen molar-refractivity contribution in [3.63, 3.8) is 0 Å². The van der Waals surface area contributed by atoms with E-state index >= 15 is 0 Å². The Labute approximate surface area is 177 Å². The SMILES string of the molecule is C=CCn1c(=NC(=O)Cc2ccc3ccccc3c2)sc2cc(S(N)(=O)=O)ccc21. The summed E-state index contributed by atoms with van der Waals surface area (Å²) in [5.41, 5.74) is 1.65. The lowest BCUT2D eigenvalue weighted by Gasteiger charge is -2.03. The molecule has 0 aliphatic rings. The van der Waals surface area contributed by atoms with Crippen LogP contribution in [0.1, 0.15) is 5.56 Å². The van der Waals surface area contributed by atoms with Gasteiger partial charge in [0.1, 0.15) is 0 Å². The number of carbonyl (C=O) groups excluding carboxylic acids is 1. The van der Waals surface area contributed by atoms with Gasteiger partial charge in [0.15, 0.2) is 4.80 Å². The Hall–Kier alpha value is -3.07. The smallest absolute Gasteiger partial charge is 0.252 e. The molecule has 2 N–H and O–H groups in total. The molecule has 152 valence electrons. The monoisotopic (exact) mass is 437 g/mol. The average Bonchev–Trinajstić information content (AvgIpc) is 3.04. The summed E-state index contributed by atoms with van der Waals surface area (Å²) in [6.45, 7) is 4.20. The zero-order chi connectivity index (χ0) is 21.3. The fraction of sp³-hybridized carbons (Fsp3) is 0.0909. The Morgan fingerprint density at radius 1 is 1.10 bits per heavy atom. The normalized spacial score (nSPS) is 12.5. The molecular formula is C22H19N3O3S2. The van der Waals surface area contributed by atoms with Gasteiger partial charge >= 0.3 is 0 Å². The second-order valence-corrected chi connectivity index (χ2v) is 9.39. The maximum absolute atomic E-state index is 12.7. The fourth-order valence-corrected chi connectivity index (χ4v) is 5.00. The molecule has 1 heterocycles. The molecule has 0 unspecified atom stereocenters. The number of aromatic nitrogens is 1. The number of hydrogen-bond acceptors (Lipinski definition) is 4. The van der Waals surface area contributed by atoms with Gasteiger partial charge in [-0.1, -0.05) is 59.9 Å². The number of amides is 1. The van der Waals surface area contributed by atoms with Crippen LogP contribution >= 0.6 is 11.3 Å². The molecule has 0 saturated heterocycles. The highest BCUT2D eigenvalue weighted by Crippen LogP contribution is 2.21. The van der Waals surface area contributed by atoms with E-state index in [-0.39, 0.29) is 17.2 Å². The molecule has 8 heteroatoms. The van der Waals surface area contributed by atoms with Crippen LogP contribution in [0.2, 0.25) is 0 Å². The van der Waals surface area contributed by atoms with E-state index in [2.05, 4.69) is 11.6 Å². The molecule has 3 aromatic carbocycles. The molecule has 1 aromatic heterocycles. The number of nitrogens with two attached hydrogens (primary N) is 1. The summed E-state index contributed by atoms with van der Waals surface area (Å²) in [6, 6.07) is 18.5. The van der Waals surface area contributed by atoms with Gasteiger partial charge in [-0.15, -0.1) is 6.58 Å². The largest absolute Gasteiger partial charge is 0.313 e. The van der Waals surface area contributed by atoms with Crippen LogP contribution in [-0.4, -0.2) is 18.9 Å². The molecule has 0 saturated carbocycles. The molecule has 0 aliphatic carbocycles. The van der Waals surface area contributed by atoms with Gasteiger partial charge in [0.25, 0.3) is 5.91 Å². The third kappa shape index (κ3) is 4.11. The first-order chi connectivity index (χ1) is 14.3. The minimum atomic E-state index is -3.81. The van der Waals surface area contributed by atoms with Crippen LogP contribution in [0.25, 0.3) is 21.0 Å². The van der Waals surface area contributed by atoms with Crippen molar-refractivity contribution in [1.82, 2.24) is 4.57 Å². The highest BCUT2D eigenvalue weighted by Gasteiger charge is 2.13. The van der Waals surface area contributed by atoms with Crippen molar-refractivity contribution < 1.29 is 13.2 Å². The van der Waals surface area contributed by atoms with E-state index in [4.69, 9.17) is 5.14 Å². The molecule has 30 heavy (non-hydrogen) atoms. The number of fused-ring (bicyclic) bond motifs is 2. The Morgan fingerprint density at radius 3 is 2.60 bits per heavy atom. The topological polar surface area (TPSA) is 94.5 Å². The van der Waals surface area contributed by atoms with Gasteiger partial charge < -0.3 is 4.57 Å². The van der Waals surface area contributed by atoms with Crippen molar-refractivity contribution in [2.45, 2.75) is 17.9 Å². The molecule has 0 atom stereocenters. The Kier molecular flexibility index (Phi) is 5.38. The fourth-order valence-electron chi connectivity index (χ4n) is 3.29. The van der Waals surface area contributed by atoms with E-state index in [9.17, 15) is 13.2 Å². The number of nitrogens with zero attached hydrogens (tertiary/aromatic N) is 2. The van der Waals surface area contributed by atoms with Crippen LogP contribution in [0, 0.1) is 0 Å². The first-order valence-corrected chi connectivity index (χ1v) is 11.5. The Bertz CT molecular complexity index is 1460. The zero-order valence-electron chi connectivity index (χ0n) is 16.0. The molecule has 0 spiro atoms. The number of hydrogen-bond donors (Lipinski definition) is 1. The maximum atomic E-state index is 12.7. The standard InChI is InChI=1S/C22H19N3O3S2/c1-2-11-25-19-10-9-18(30(23,27)28)14-20(19)29-22(25)24-21(26)13-15-7-8-16-5-3-4-6-17(16)12-15/h2-10,12,14H,1,11,13H2,(H2,23,27,28). The molecule has 6 nitrogen and oxygen atoms in total. The van der Waals surface area contributed by atoms with Gasteiger partial charge in [0.05, 0.1) is 21.5 Å². The summed E-state index contributed by atoms with van der Waals surface area (Å²) in [6.07, 6.45) is 1.88. The van der Waals surface area contributed by atoms with Crippen molar-refractivity contribution >= 4 is 48.3 Å². The van der Waals surface area contributed by atoms with E-state index in [1.54, 1.807) is 12.1 Å². The lowest BCUT2D eigenvalue weighted by molar-refractivity contribution is -0.117. The number of carbonyl (C=O) groups is 1. The van der Waals surface area contributed by atoms with E-state index in [1.165, 1.54) is 23.5 Å². The van der Waals surface area contributed by atoms with Crippen molar-refractivity contribution in [2.24, 2.45) is 10.1 Å². The Morgan fingerprint density at radius 2 is 1.87 bits per heavy atom.